The third-order valence-electron chi connectivity index (χ3n) is 4.72. The summed E-state index contributed by atoms with van der Waals surface area (Å²) in [5, 5.41) is 9.41. The Bertz CT molecular complexity index is 961. The van der Waals surface area contributed by atoms with Gasteiger partial charge in [0.15, 0.2) is 0 Å². The Morgan fingerprint density at radius 3 is 2.32 bits per heavy atom. The Kier molecular flexibility index (Phi) is 7.33. The monoisotopic (exact) mass is 431 g/mol. The molecule has 0 aliphatic carbocycles. The van der Waals surface area contributed by atoms with E-state index in [0.717, 1.165) is 30.4 Å². The van der Waals surface area contributed by atoms with Crippen LogP contribution < -0.4 is 9.64 Å². The van der Waals surface area contributed by atoms with E-state index in [2.05, 4.69) is 14.7 Å². The Labute approximate surface area is 179 Å². The van der Waals surface area contributed by atoms with Crippen molar-refractivity contribution in [1.29, 1.82) is 0 Å². The summed E-state index contributed by atoms with van der Waals surface area (Å²) < 4.78 is 41.7. The number of ether oxygens (including phenoxy) is 1. The van der Waals surface area contributed by atoms with Crippen molar-refractivity contribution in [3.05, 3.63) is 77.6 Å². The van der Waals surface area contributed by atoms with Gasteiger partial charge in [-0.2, -0.15) is 0 Å². The lowest BCUT2D eigenvalue weighted by Gasteiger charge is -2.23. The van der Waals surface area contributed by atoms with Crippen LogP contribution in [0.4, 0.5) is 19.1 Å². The largest absolute Gasteiger partial charge is 0.573 e. The summed E-state index contributed by atoms with van der Waals surface area (Å²) in [5.41, 5.74) is 2.75. The van der Waals surface area contributed by atoms with Crippen molar-refractivity contribution in [2.75, 3.05) is 11.4 Å². The average molecular weight is 431 g/mol. The molecule has 0 aliphatic rings. The molecule has 164 valence electrons. The fraction of sp³-hybridized carbons (Fsp3) is 0.304. The van der Waals surface area contributed by atoms with Gasteiger partial charge in [0.05, 0.1) is 0 Å². The summed E-state index contributed by atoms with van der Waals surface area (Å²) in [7, 11) is 0. The van der Waals surface area contributed by atoms with Gasteiger partial charge in [-0.3, -0.25) is 0 Å². The highest BCUT2D eigenvalue weighted by molar-refractivity contribution is 5.36. The number of phenols is 1. The molecule has 2 aromatic carbocycles. The Balaban J connectivity index is 1.73. The lowest BCUT2D eigenvalue weighted by Crippen LogP contribution is -2.26. The predicted molar refractivity (Wildman–Crippen MR) is 112 cm³/mol. The molecule has 0 radical (unpaired) electrons. The second-order valence-electron chi connectivity index (χ2n) is 7.13. The number of nitrogens with zero attached hydrogens (tertiary/aromatic N) is 3. The number of hydrogen-bond acceptors (Lipinski definition) is 5. The summed E-state index contributed by atoms with van der Waals surface area (Å²) in [6.45, 7) is 2.97. The van der Waals surface area contributed by atoms with Crippen molar-refractivity contribution in [2.45, 2.75) is 39.1 Å². The number of hydrogen-bond donors (Lipinski definition) is 1. The van der Waals surface area contributed by atoms with Gasteiger partial charge in [0, 0.05) is 25.5 Å². The molecule has 5 nitrogen and oxygen atoms in total. The summed E-state index contributed by atoms with van der Waals surface area (Å²) in [6.07, 6.45) is 1.17. The van der Waals surface area contributed by atoms with Gasteiger partial charge in [-0.1, -0.05) is 31.2 Å². The number of aromatic hydroxyl groups is 1. The fourth-order valence-corrected chi connectivity index (χ4v) is 3.14. The first kappa shape index (κ1) is 22.4. The smallest absolute Gasteiger partial charge is 0.508 e. The van der Waals surface area contributed by atoms with E-state index in [9.17, 15) is 18.3 Å². The molecular weight excluding hydrogens is 407 g/mol. The molecule has 1 N–H and O–H groups in total. The van der Waals surface area contributed by atoms with Crippen LogP contribution in [0.1, 0.15) is 30.0 Å². The van der Waals surface area contributed by atoms with Crippen LogP contribution in [0.5, 0.6) is 11.5 Å². The van der Waals surface area contributed by atoms with Gasteiger partial charge in [0.2, 0.25) is 5.95 Å². The zero-order valence-corrected chi connectivity index (χ0v) is 17.1. The number of aromatic nitrogens is 2. The Hall–Kier alpha value is -3.29. The molecule has 0 spiro atoms. The Morgan fingerprint density at radius 1 is 0.968 bits per heavy atom. The SMILES string of the molecule is CCc1cnc(N(CCCc2ccc(O)cc2)Cc2cccc(OC(F)(F)F)c2)nc1. The van der Waals surface area contributed by atoms with Gasteiger partial charge >= 0.3 is 6.36 Å². The van der Waals surface area contributed by atoms with Crippen LogP contribution in [0.2, 0.25) is 0 Å². The van der Waals surface area contributed by atoms with Gasteiger partial charge in [0.25, 0.3) is 0 Å². The molecule has 0 fully saturated rings. The molecule has 0 unspecified atom stereocenters. The minimum Gasteiger partial charge on any atom is -0.508 e. The van der Waals surface area contributed by atoms with Gasteiger partial charge in [-0.15, -0.1) is 13.2 Å². The molecule has 0 bridgehead atoms. The van der Waals surface area contributed by atoms with E-state index in [1.165, 1.54) is 18.2 Å². The highest BCUT2D eigenvalue weighted by Gasteiger charge is 2.31. The molecular formula is C23H24F3N3O2. The normalized spacial score (nSPS) is 11.4. The van der Waals surface area contributed by atoms with Crippen LogP contribution in [0, 0.1) is 0 Å². The molecule has 0 saturated heterocycles. The highest BCUT2D eigenvalue weighted by Crippen LogP contribution is 2.24. The first-order valence-electron chi connectivity index (χ1n) is 10.0. The highest BCUT2D eigenvalue weighted by atomic mass is 19.4. The van der Waals surface area contributed by atoms with Crippen LogP contribution in [0.3, 0.4) is 0 Å². The molecule has 3 aromatic rings. The number of alkyl halides is 3. The van der Waals surface area contributed by atoms with Crippen LogP contribution in [-0.2, 0) is 19.4 Å². The van der Waals surface area contributed by atoms with Crippen LogP contribution in [0.15, 0.2) is 60.9 Å². The molecule has 31 heavy (non-hydrogen) atoms. The molecule has 1 aromatic heterocycles. The van der Waals surface area contributed by atoms with Crippen LogP contribution in [0.25, 0.3) is 0 Å². The molecule has 0 aliphatic heterocycles. The van der Waals surface area contributed by atoms with Gasteiger partial charge < -0.3 is 14.7 Å². The fourth-order valence-electron chi connectivity index (χ4n) is 3.14. The van der Waals surface area contributed by atoms with Crippen LogP contribution in [-0.4, -0.2) is 28.0 Å². The minimum absolute atomic E-state index is 0.218. The molecule has 0 saturated carbocycles. The summed E-state index contributed by atoms with van der Waals surface area (Å²) in [6, 6.07) is 13.0. The molecule has 3 rings (SSSR count). The molecule has 0 amide bonds. The van der Waals surface area contributed by atoms with Gasteiger partial charge in [0.1, 0.15) is 11.5 Å². The summed E-state index contributed by atoms with van der Waals surface area (Å²) >= 11 is 0. The van der Waals surface area contributed by atoms with Crippen LogP contribution >= 0.6 is 0 Å². The van der Waals surface area contributed by atoms with E-state index in [0.29, 0.717) is 24.6 Å². The second-order valence-corrected chi connectivity index (χ2v) is 7.13. The number of phenolic OH excluding ortho intramolecular Hbond substituents is 1. The maximum Gasteiger partial charge on any atom is 0.573 e. The van der Waals surface area contributed by atoms with E-state index in [1.54, 1.807) is 30.6 Å². The van der Waals surface area contributed by atoms with Crippen molar-refractivity contribution in [1.82, 2.24) is 9.97 Å². The third kappa shape index (κ3) is 7.16. The van der Waals surface area contributed by atoms with Crippen molar-refractivity contribution >= 4 is 5.95 Å². The molecule has 8 heteroatoms. The van der Waals surface area contributed by atoms with E-state index < -0.39 is 6.36 Å². The lowest BCUT2D eigenvalue weighted by atomic mass is 10.1. The zero-order chi connectivity index (χ0) is 22.3. The number of aryl methyl sites for hydroxylation is 2. The van der Waals surface area contributed by atoms with E-state index in [-0.39, 0.29) is 11.5 Å². The van der Waals surface area contributed by atoms with Crippen molar-refractivity contribution < 1.29 is 23.0 Å². The number of anilines is 1. The zero-order valence-electron chi connectivity index (χ0n) is 17.1. The van der Waals surface area contributed by atoms with E-state index in [4.69, 9.17) is 0 Å². The van der Waals surface area contributed by atoms with Gasteiger partial charge in [-0.25, -0.2) is 9.97 Å². The van der Waals surface area contributed by atoms with E-state index >= 15 is 0 Å². The van der Waals surface area contributed by atoms with Crippen molar-refractivity contribution in [3.8, 4) is 11.5 Å². The van der Waals surface area contributed by atoms with Crippen molar-refractivity contribution in [2.24, 2.45) is 0 Å². The maximum absolute atomic E-state index is 12.6. The predicted octanol–water partition coefficient (Wildman–Crippen LogP) is 5.28. The molecule has 1 heterocycles. The number of rotatable bonds is 9. The summed E-state index contributed by atoms with van der Waals surface area (Å²) in [4.78, 5) is 10.8. The first-order chi connectivity index (χ1) is 14.8. The quantitative estimate of drug-likeness (QED) is 0.499. The standard InChI is InChI=1S/C23H24F3N3O2/c1-2-17-14-27-22(28-15-17)29(12-4-6-18-8-10-20(30)11-9-18)16-19-5-3-7-21(13-19)31-23(24,25)26/h3,5,7-11,13-15,30H,2,4,6,12,16H2,1H3. The second kappa shape index (κ2) is 10.1. The lowest BCUT2D eigenvalue weighted by molar-refractivity contribution is -0.274. The third-order valence-corrected chi connectivity index (χ3v) is 4.72. The summed E-state index contributed by atoms with van der Waals surface area (Å²) in [5.74, 6) is 0.483. The topological polar surface area (TPSA) is 58.5 Å². The van der Waals surface area contributed by atoms with Crippen molar-refractivity contribution in [3.63, 3.8) is 0 Å². The minimum atomic E-state index is -4.73. The Morgan fingerprint density at radius 2 is 1.68 bits per heavy atom. The first-order valence-corrected chi connectivity index (χ1v) is 10.0. The molecule has 0 atom stereocenters. The van der Waals surface area contributed by atoms with E-state index in [1.807, 2.05) is 24.0 Å². The van der Waals surface area contributed by atoms with Gasteiger partial charge in [-0.05, 0) is 60.2 Å². The number of halogens is 3. The number of benzene rings is 2. The average Bonchev–Trinajstić information content (AvgIpc) is 2.73. The maximum atomic E-state index is 12.6.